The Labute approximate surface area is 201 Å². The molecule has 3 rings (SSSR count). The molecule has 8 nitrogen and oxygen atoms in total. The van der Waals surface area contributed by atoms with Gasteiger partial charge in [0.05, 0.1) is 11.7 Å². The summed E-state index contributed by atoms with van der Waals surface area (Å²) in [7, 11) is 0. The summed E-state index contributed by atoms with van der Waals surface area (Å²) in [5, 5.41) is 63.9. The molecule has 0 spiro atoms. The fraction of sp³-hybridized carbons (Fsp3) is 0.692. The molecule has 6 atom stereocenters. The smallest absolute Gasteiger partial charge is 0.232 e. The molecule has 1 aliphatic heterocycles. The van der Waals surface area contributed by atoms with Crippen molar-refractivity contribution in [3.63, 3.8) is 0 Å². The van der Waals surface area contributed by atoms with Gasteiger partial charge in [0.2, 0.25) is 6.29 Å². The summed E-state index contributed by atoms with van der Waals surface area (Å²) in [4.78, 5) is 0. The molecule has 6 unspecified atom stereocenters. The lowest BCUT2D eigenvalue weighted by atomic mass is 9.75. The molecule has 0 aromatic heterocycles. The van der Waals surface area contributed by atoms with Gasteiger partial charge in [0.25, 0.3) is 0 Å². The van der Waals surface area contributed by atoms with E-state index in [0.717, 1.165) is 24.8 Å². The van der Waals surface area contributed by atoms with Crippen molar-refractivity contribution >= 4 is 0 Å². The maximum atomic E-state index is 11.6. The zero-order valence-corrected chi connectivity index (χ0v) is 19.8. The van der Waals surface area contributed by atoms with Gasteiger partial charge in [-0.05, 0) is 62.6 Å². The Morgan fingerprint density at radius 2 is 1.76 bits per heavy atom. The summed E-state index contributed by atoms with van der Waals surface area (Å²) in [6, 6.07) is 7.13. The average molecular weight is 481 g/mol. The van der Waals surface area contributed by atoms with Crippen molar-refractivity contribution in [2.75, 3.05) is 6.61 Å². The molecule has 1 saturated heterocycles. The molecule has 34 heavy (non-hydrogen) atoms. The second-order valence-corrected chi connectivity index (χ2v) is 9.83. The van der Waals surface area contributed by atoms with E-state index in [2.05, 4.69) is 6.58 Å². The first-order chi connectivity index (χ1) is 16.2. The van der Waals surface area contributed by atoms with Gasteiger partial charge in [0, 0.05) is 6.61 Å². The molecule has 1 heterocycles. The molecule has 1 aromatic carbocycles. The van der Waals surface area contributed by atoms with Crippen LogP contribution in [0.3, 0.4) is 0 Å². The van der Waals surface area contributed by atoms with Crippen LogP contribution in [0.15, 0.2) is 36.9 Å². The molecule has 6 N–H and O–H groups in total. The van der Waals surface area contributed by atoms with Crippen molar-refractivity contribution in [2.45, 2.75) is 106 Å². The van der Waals surface area contributed by atoms with Crippen molar-refractivity contribution in [3.8, 4) is 5.75 Å². The SMILES string of the molecule is C=CCc1ccc(OC2OC(C(O)CCCO)C(O)C(O)C2(O)CCC2(O)CCCCC2)cc1. The minimum atomic E-state index is -2.01. The molecule has 2 fully saturated rings. The van der Waals surface area contributed by atoms with Crippen molar-refractivity contribution in [3.05, 3.63) is 42.5 Å². The Morgan fingerprint density at radius 3 is 2.38 bits per heavy atom. The number of ether oxygens (including phenoxy) is 2. The van der Waals surface area contributed by atoms with E-state index in [-0.39, 0.29) is 32.3 Å². The lowest BCUT2D eigenvalue weighted by Crippen LogP contribution is -2.69. The van der Waals surface area contributed by atoms with Gasteiger partial charge in [-0.3, -0.25) is 0 Å². The summed E-state index contributed by atoms with van der Waals surface area (Å²) in [6.45, 7) is 3.58. The van der Waals surface area contributed by atoms with Crippen LogP contribution < -0.4 is 4.74 Å². The van der Waals surface area contributed by atoms with Crippen LogP contribution >= 0.6 is 0 Å². The van der Waals surface area contributed by atoms with E-state index >= 15 is 0 Å². The van der Waals surface area contributed by atoms with Crippen molar-refractivity contribution < 1.29 is 40.1 Å². The van der Waals surface area contributed by atoms with E-state index in [0.29, 0.717) is 25.0 Å². The van der Waals surface area contributed by atoms with E-state index in [1.165, 1.54) is 0 Å². The summed E-state index contributed by atoms with van der Waals surface area (Å²) in [6.07, 6.45) is 0.0995. The maximum absolute atomic E-state index is 11.6. The van der Waals surface area contributed by atoms with Crippen LogP contribution in [0.5, 0.6) is 5.75 Å². The molecule has 1 aliphatic carbocycles. The molecular formula is C26H40O8. The molecule has 0 bridgehead atoms. The number of hydrogen-bond acceptors (Lipinski definition) is 8. The second-order valence-electron chi connectivity index (χ2n) is 9.83. The molecule has 1 saturated carbocycles. The standard InChI is InChI=1S/C26H40O8/c1-2-7-18-9-11-19(12-10-18)33-24-26(32,16-15-25(31)13-4-3-5-14-25)23(30)21(29)22(34-24)20(28)8-6-17-27/h2,9-12,20-24,27-32H,1,3-8,13-17H2. The number of benzene rings is 1. The molecule has 0 amide bonds. The maximum Gasteiger partial charge on any atom is 0.232 e. The fourth-order valence-electron chi connectivity index (χ4n) is 5.02. The molecule has 2 aliphatic rings. The zero-order valence-electron chi connectivity index (χ0n) is 19.8. The molecule has 0 radical (unpaired) electrons. The predicted octanol–water partition coefficient (Wildman–Crippen LogP) is 1.58. The highest BCUT2D eigenvalue weighted by Crippen LogP contribution is 2.40. The Balaban J connectivity index is 1.82. The van der Waals surface area contributed by atoms with E-state index in [9.17, 15) is 25.5 Å². The highest BCUT2D eigenvalue weighted by molar-refractivity contribution is 5.28. The third-order valence-corrected chi connectivity index (χ3v) is 7.22. The van der Waals surface area contributed by atoms with Gasteiger partial charge in [-0.2, -0.15) is 0 Å². The monoisotopic (exact) mass is 480 g/mol. The van der Waals surface area contributed by atoms with Gasteiger partial charge in [-0.1, -0.05) is 37.5 Å². The average Bonchev–Trinajstić information content (AvgIpc) is 2.83. The Hall–Kier alpha value is -1.52. The van der Waals surface area contributed by atoms with Crippen LogP contribution in [0.1, 0.15) is 63.4 Å². The first-order valence-corrected chi connectivity index (χ1v) is 12.3. The molecule has 1 aromatic rings. The van der Waals surface area contributed by atoms with Crippen molar-refractivity contribution in [2.24, 2.45) is 0 Å². The summed E-state index contributed by atoms with van der Waals surface area (Å²) >= 11 is 0. The van der Waals surface area contributed by atoms with Crippen LogP contribution in [0.4, 0.5) is 0 Å². The van der Waals surface area contributed by atoms with E-state index in [1.54, 1.807) is 18.2 Å². The van der Waals surface area contributed by atoms with Crippen molar-refractivity contribution in [1.29, 1.82) is 0 Å². The fourth-order valence-corrected chi connectivity index (χ4v) is 5.02. The Kier molecular flexibility index (Phi) is 9.51. The van der Waals surface area contributed by atoms with Gasteiger partial charge in [-0.25, -0.2) is 0 Å². The van der Waals surface area contributed by atoms with Crippen LogP contribution in [0.2, 0.25) is 0 Å². The van der Waals surface area contributed by atoms with Gasteiger partial charge in [-0.15, -0.1) is 6.58 Å². The number of hydrogen-bond donors (Lipinski definition) is 6. The number of rotatable bonds is 11. The number of allylic oxidation sites excluding steroid dienone is 1. The predicted molar refractivity (Wildman–Crippen MR) is 126 cm³/mol. The second kappa shape index (κ2) is 11.9. The third kappa shape index (κ3) is 6.37. The van der Waals surface area contributed by atoms with Crippen LogP contribution in [-0.4, -0.2) is 79.2 Å². The van der Waals surface area contributed by atoms with Gasteiger partial charge < -0.3 is 40.1 Å². The lowest BCUT2D eigenvalue weighted by molar-refractivity contribution is -0.332. The molecule has 8 heteroatoms. The minimum Gasteiger partial charge on any atom is -0.462 e. The van der Waals surface area contributed by atoms with E-state index in [4.69, 9.17) is 14.6 Å². The first-order valence-electron chi connectivity index (χ1n) is 12.3. The Morgan fingerprint density at radius 1 is 1.09 bits per heavy atom. The third-order valence-electron chi connectivity index (χ3n) is 7.22. The molecular weight excluding hydrogens is 440 g/mol. The van der Waals surface area contributed by atoms with Gasteiger partial charge >= 0.3 is 0 Å². The first kappa shape index (κ1) is 27.1. The normalized spacial score (nSPS) is 32.2. The zero-order chi connectivity index (χ0) is 24.8. The highest BCUT2D eigenvalue weighted by Gasteiger charge is 2.57. The van der Waals surface area contributed by atoms with Crippen LogP contribution in [0.25, 0.3) is 0 Å². The minimum absolute atomic E-state index is 0.0552. The Bertz CT molecular complexity index is 763. The van der Waals surface area contributed by atoms with Gasteiger partial charge in [0.15, 0.2) is 5.60 Å². The van der Waals surface area contributed by atoms with Crippen molar-refractivity contribution in [1.82, 2.24) is 0 Å². The molecule has 192 valence electrons. The topological polar surface area (TPSA) is 140 Å². The van der Waals surface area contributed by atoms with E-state index in [1.807, 2.05) is 12.1 Å². The lowest BCUT2D eigenvalue weighted by Gasteiger charge is -2.49. The number of aliphatic hydroxyl groups excluding tert-OH is 4. The van der Waals surface area contributed by atoms with E-state index < -0.39 is 41.9 Å². The van der Waals surface area contributed by atoms with Crippen LogP contribution in [0, 0.1) is 0 Å². The summed E-state index contributed by atoms with van der Waals surface area (Å²) < 4.78 is 11.9. The highest BCUT2D eigenvalue weighted by atomic mass is 16.7. The summed E-state index contributed by atoms with van der Waals surface area (Å²) in [5.41, 5.74) is -1.94. The summed E-state index contributed by atoms with van der Waals surface area (Å²) in [5.74, 6) is 0.389. The van der Waals surface area contributed by atoms with Crippen LogP contribution in [-0.2, 0) is 11.2 Å². The quantitative estimate of drug-likeness (QED) is 0.262. The van der Waals surface area contributed by atoms with Gasteiger partial charge in [0.1, 0.15) is 24.1 Å². The number of aliphatic hydroxyl groups is 6. The largest absolute Gasteiger partial charge is 0.462 e.